The summed E-state index contributed by atoms with van der Waals surface area (Å²) in [5.41, 5.74) is 1.62. The lowest BCUT2D eigenvalue weighted by molar-refractivity contribution is -0.116. The molecule has 3 N–H and O–H groups in total. The highest BCUT2D eigenvalue weighted by Crippen LogP contribution is 2.66. The average Bonchev–Trinajstić information content (AvgIpc) is 3.04. The van der Waals surface area contributed by atoms with E-state index in [-0.39, 0.29) is 29.0 Å². The number of fused-ring (bicyclic) bond motifs is 5. The summed E-state index contributed by atoms with van der Waals surface area (Å²) in [5, 5.41) is 33.6. The van der Waals surface area contributed by atoms with Gasteiger partial charge in [0.15, 0.2) is 0 Å². The van der Waals surface area contributed by atoms with Gasteiger partial charge in [0.25, 0.3) is 0 Å². The zero-order valence-corrected chi connectivity index (χ0v) is 21.6. The number of rotatable bonds is 5. The molecule has 3 nitrogen and oxygen atoms in total. The van der Waals surface area contributed by atoms with Crippen molar-refractivity contribution in [2.45, 2.75) is 111 Å². The summed E-state index contributed by atoms with van der Waals surface area (Å²) in [7, 11) is 0. The zero-order chi connectivity index (χ0) is 23.6. The average molecular weight is 445 g/mol. The van der Waals surface area contributed by atoms with Crippen molar-refractivity contribution >= 4 is 0 Å². The van der Waals surface area contributed by atoms with E-state index in [1.807, 2.05) is 6.92 Å². The van der Waals surface area contributed by atoms with E-state index in [0.29, 0.717) is 29.6 Å². The van der Waals surface area contributed by atoms with E-state index < -0.39 is 5.60 Å². The Morgan fingerprint density at radius 2 is 1.75 bits per heavy atom. The molecule has 0 saturated heterocycles. The molecule has 32 heavy (non-hydrogen) atoms. The van der Waals surface area contributed by atoms with Gasteiger partial charge in [-0.3, -0.25) is 0 Å². The van der Waals surface area contributed by atoms with Crippen molar-refractivity contribution in [2.75, 3.05) is 0 Å². The Morgan fingerprint density at radius 1 is 1.06 bits per heavy atom. The molecule has 3 heteroatoms. The maximum absolute atomic E-state index is 11.8. The van der Waals surface area contributed by atoms with Gasteiger partial charge in [-0.1, -0.05) is 59.3 Å². The molecule has 2 fully saturated rings. The fourth-order valence-corrected chi connectivity index (χ4v) is 8.76. The first-order chi connectivity index (χ1) is 14.8. The second-order valence-electron chi connectivity index (χ2n) is 13.2. The van der Waals surface area contributed by atoms with Gasteiger partial charge < -0.3 is 15.3 Å². The van der Waals surface area contributed by atoms with E-state index in [2.05, 4.69) is 53.7 Å². The molecule has 4 aliphatic carbocycles. The molecule has 10 atom stereocenters. The summed E-state index contributed by atoms with van der Waals surface area (Å²) in [5.74, 6) is 2.82. The highest BCUT2D eigenvalue weighted by molar-refractivity contribution is 5.35. The van der Waals surface area contributed by atoms with Crippen molar-refractivity contribution in [3.63, 3.8) is 0 Å². The summed E-state index contributed by atoms with van der Waals surface area (Å²) in [6, 6.07) is 0. The van der Waals surface area contributed by atoms with E-state index >= 15 is 0 Å². The summed E-state index contributed by atoms with van der Waals surface area (Å²) >= 11 is 0. The highest BCUT2D eigenvalue weighted by atomic mass is 16.3. The standard InChI is InChI=1S/C29H48O3/c1-17(2)19(4)18(3)15-29(7,32)25-11-10-23-22-9-8-20-14-21(30)12-13-27(20,5)26(22)24(31)16-28(23,25)6/h8,11,17-19,21-24,26,30-32H,9-10,12-16H2,1-7H3/t18-,19-,21+,22+,23+,24-,26-,27+,28+,29-/m1/s1. The van der Waals surface area contributed by atoms with E-state index in [1.165, 1.54) is 11.1 Å². The number of aliphatic hydroxyl groups is 3. The Morgan fingerprint density at radius 3 is 2.41 bits per heavy atom. The third-order valence-electron chi connectivity index (χ3n) is 10.8. The number of aliphatic hydroxyl groups excluding tert-OH is 2. The summed E-state index contributed by atoms with van der Waals surface area (Å²) in [6.45, 7) is 15.8. The van der Waals surface area contributed by atoms with Gasteiger partial charge in [-0.15, -0.1) is 0 Å². The van der Waals surface area contributed by atoms with Crippen molar-refractivity contribution in [3.05, 3.63) is 23.3 Å². The molecule has 2 saturated carbocycles. The van der Waals surface area contributed by atoms with E-state index in [9.17, 15) is 15.3 Å². The zero-order valence-electron chi connectivity index (χ0n) is 21.6. The smallest absolute Gasteiger partial charge is 0.0836 e. The van der Waals surface area contributed by atoms with Crippen LogP contribution in [-0.4, -0.2) is 33.1 Å². The molecule has 0 aromatic heterocycles. The van der Waals surface area contributed by atoms with Crippen molar-refractivity contribution in [2.24, 2.45) is 46.3 Å². The van der Waals surface area contributed by atoms with Crippen LogP contribution in [0, 0.1) is 46.3 Å². The monoisotopic (exact) mass is 444 g/mol. The van der Waals surface area contributed by atoms with Gasteiger partial charge in [0.1, 0.15) is 0 Å². The number of hydrogen-bond donors (Lipinski definition) is 3. The van der Waals surface area contributed by atoms with Crippen LogP contribution in [0.2, 0.25) is 0 Å². The predicted molar refractivity (Wildman–Crippen MR) is 131 cm³/mol. The molecule has 0 unspecified atom stereocenters. The molecule has 0 aromatic carbocycles. The SMILES string of the molecule is CC(C)[C@@H](C)[C@H](C)C[C@@](C)(O)C1=CC[C@H]2[C@@H]3CC=C4C[C@@H](O)CC[C@]4(C)[C@H]3[C@H](O)C[C@]12C. The lowest BCUT2D eigenvalue weighted by Crippen LogP contribution is -2.57. The van der Waals surface area contributed by atoms with Crippen LogP contribution >= 0.6 is 0 Å². The second kappa shape index (κ2) is 8.24. The Kier molecular flexibility index (Phi) is 6.30. The normalized spacial score (nSPS) is 45.2. The molecular formula is C29H48O3. The predicted octanol–water partition coefficient (Wildman–Crippen LogP) is 5.89. The third-order valence-corrected chi connectivity index (χ3v) is 10.8. The van der Waals surface area contributed by atoms with Crippen LogP contribution in [0.5, 0.6) is 0 Å². The van der Waals surface area contributed by atoms with Gasteiger partial charge in [-0.25, -0.2) is 0 Å². The van der Waals surface area contributed by atoms with Gasteiger partial charge in [0, 0.05) is 0 Å². The Labute approximate surface area is 196 Å². The molecule has 0 spiro atoms. The van der Waals surface area contributed by atoms with Gasteiger partial charge in [0.2, 0.25) is 0 Å². The van der Waals surface area contributed by atoms with Crippen molar-refractivity contribution in [1.82, 2.24) is 0 Å². The molecular weight excluding hydrogens is 396 g/mol. The molecule has 0 radical (unpaired) electrons. The number of allylic oxidation sites excluding steroid dienone is 2. The Bertz CT molecular complexity index is 779. The highest BCUT2D eigenvalue weighted by Gasteiger charge is 2.61. The quantitative estimate of drug-likeness (QED) is 0.464. The molecule has 0 aliphatic heterocycles. The van der Waals surface area contributed by atoms with Crippen LogP contribution in [0.25, 0.3) is 0 Å². The van der Waals surface area contributed by atoms with Crippen LogP contribution in [0.15, 0.2) is 23.3 Å². The molecule has 4 aliphatic rings. The van der Waals surface area contributed by atoms with Crippen molar-refractivity contribution in [1.29, 1.82) is 0 Å². The minimum atomic E-state index is -0.826. The van der Waals surface area contributed by atoms with E-state index in [4.69, 9.17) is 0 Å². The largest absolute Gasteiger partial charge is 0.393 e. The van der Waals surface area contributed by atoms with E-state index in [0.717, 1.165) is 44.9 Å². The van der Waals surface area contributed by atoms with Crippen LogP contribution in [0.4, 0.5) is 0 Å². The minimum absolute atomic E-state index is 0.00930. The fourth-order valence-electron chi connectivity index (χ4n) is 8.76. The molecule has 4 rings (SSSR count). The molecule has 182 valence electrons. The van der Waals surface area contributed by atoms with Crippen molar-refractivity contribution in [3.8, 4) is 0 Å². The Hall–Kier alpha value is -0.640. The van der Waals surface area contributed by atoms with E-state index in [1.54, 1.807) is 0 Å². The maximum atomic E-state index is 11.8. The lowest BCUT2D eigenvalue weighted by atomic mass is 9.46. The topological polar surface area (TPSA) is 60.7 Å². The third kappa shape index (κ3) is 3.75. The van der Waals surface area contributed by atoms with Crippen LogP contribution in [0.1, 0.15) is 93.4 Å². The first kappa shape index (κ1) is 24.5. The summed E-state index contributed by atoms with van der Waals surface area (Å²) in [4.78, 5) is 0. The van der Waals surface area contributed by atoms with Gasteiger partial charge in [-0.2, -0.15) is 0 Å². The lowest BCUT2D eigenvalue weighted by Gasteiger charge is -2.60. The molecule has 0 heterocycles. The molecule has 0 aromatic rings. The molecule has 0 amide bonds. The second-order valence-corrected chi connectivity index (χ2v) is 13.2. The first-order valence-corrected chi connectivity index (χ1v) is 13.3. The minimum Gasteiger partial charge on any atom is -0.393 e. The van der Waals surface area contributed by atoms with Crippen molar-refractivity contribution < 1.29 is 15.3 Å². The van der Waals surface area contributed by atoms with Gasteiger partial charge >= 0.3 is 0 Å². The maximum Gasteiger partial charge on any atom is 0.0836 e. The molecule has 0 bridgehead atoms. The summed E-state index contributed by atoms with van der Waals surface area (Å²) in [6.07, 6.45) is 10.3. The van der Waals surface area contributed by atoms with Gasteiger partial charge in [0.05, 0.1) is 17.8 Å². The van der Waals surface area contributed by atoms with Gasteiger partial charge in [-0.05, 0) is 104 Å². The van der Waals surface area contributed by atoms with Crippen LogP contribution < -0.4 is 0 Å². The fraction of sp³-hybridized carbons (Fsp3) is 0.862. The summed E-state index contributed by atoms with van der Waals surface area (Å²) < 4.78 is 0. The van der Waals surface area contributed by atoms with Crippen LogP contribution in [-0.2, 0) is 0 Å². The first-order valence-electron chi connectivity index (χ1n) is 13.3. The van der Waals surface area contributed by atoms with Crippen LogP contribution in [0.3, 0.4) is 0 Å². The Balaban J connectivity index is 1.60. The number of hydrogen-bond acceptors (Lipinski definition) is 3.